The first-order chi connectivity index (χ1) is 13.3. The Morgan fingerprint density at radius 2 is 1.89 bits per heavy atom. The molecule has 2 aliphatic heterocycles. The third kappa shape index (κ3) is 2.49. The van der Waals surface area contributed by atoms with Crippen molar-refractivity contribution in [1.29, 1.82) is 0 Å². The summed E-state index contributed by atoms with van der Waals surface area (Å²) in [5, 5.41) is 0. The van der Waals surface area contributed by atoms with Crippen LogP contribution >= 0.6 is 0 Å². The Morgan fingerprint density at radius 3 is 2.85 bits per heavy atom. The fraction of sp³-hybridized carbons (Fsp3) is 0.364. The normalized spacial score (nSPS) is 20.5. The lowest BCUT2D eigenvalue weighted by atomic mass is 10.00. The van der Waals surface area contributed by atoms with E-state index in [2.05, 4.69) is 38.7 Å². The summed E-state index contributed by atoms with van der Waals surface area (Å²) in [7, 11) is 0. The molecule has 0 amide bonds. The van der Waals surface area contributed by atoms with Crippen LogP contribution in [0.2, 0.25) is 0 Å². The maximum atomic E-state index is 5.04. The van der Waals surface area contributed by atoms with Crippen molar-refractivity contribution in [2.24, 2.45) is 0 Å². The quantitative estimate of drug-likeness (QED) is 0.560. The van der Waals surface area contributed by atoms with Gasteiger partial charge in [0.25, 0.3) is 0 Å². The number of rotatable bonds is 1. The van der Waals surface area contributed by atoms with Crippen LogP contribution in [0.4, 0.5) is 0 Å². The Kier molecular flexibility index (Phi) is 3.38. The summed E-state index contributed by atoms with van der Waals surface area (Å²) in [6.07, 6.45) is 5.10. The van der Waals surface area contributed by atoms with Gasteiger partial charge in [0.05, 0.1) is 22.1 Å². The van der Waals surface area contributed by atoms with Crippen LogP contribution in [0.15, 0.2) is 42.5 Å². The zero-order chi connectivity index (χ0) is 17.8. The van der Waals surface area contributed by atoms with Crippen LogP contribution in [-0.2, 0) is 13.0 Å². The Balaban J connectivity index is 1.41. The summed E-state index contributed by atoms with van der Waals surface area (Å²) in [5.41, 5.74) is 5.53. The number of nitrogens with one attached hydrogen (secondary N) is 1. The van der Waals surface area contributed by atoms with Crippen LogP contribution in [0.5, 0.6) is 0 Å². The topological polar surface area (TPSA) is 49.7 Å². The van der Waals surface area contributed by atoms with Crippen LogP contribution in [0.1, 0.15) is 25.1 Å². The largest absolute Gasteiger partial charge is 0.338 e. The molecule has 2 aliphatic rings. The standard InChI is InChI=1S/C22H23N5/c1-2-7-18-17(6-1)24-22(25-18)15-8-9-20-19(13-15)23-21-14-16-5-3-4-10-26(16)11-12-27(20)21/h1-2,6-9,13,16H,3-5,10-12,14H2,(H,24,25). The lowest BCUT2D eigenvalue weighted by molar-refractivity contribution is 0.152. The summed E-state index contributed by atoms with van der Waals surface area (Å²) in [5.74, 6) is 2.17. The van der Waals surface area contributed by atoms with E-state index in [9.17, 15) is 0 Å². The van der Waals surface area contributed by atoms with Crippen LogP contribution in [0, 0.1) is 0 Å². The van der Waals surface area contributed by atoms with E-state index < -0.39 is 0 Å². The Hall–Kier alpha value is -2.66. The molecule has 1 fully saturated rings. The SMILES string of the molecule is c1ccc2[nH]c(-c3ccc4c(c3)nc3n4CCN4CCCCC4C3)nc2c1. The van der Waals surface area contributed by atoms with Gasteiger partial charge in [-0.3, -0.25) is 4.90 Å². The number of benzene rings is 2. The van der Waals surface area contributed by atoms with Gasteiger partial charge in [0.1, 0.15) is 11.6 Å². The molecule has 1 N–H and O–H groups in total. The molecule has 1 atom stereocenters. The molecular formula is C22H23N5. The molecule has 0 aliphatic carbocycles. The highest BCUT2D eigenvalue weighted by atomic mass is 15.2. The lowest BCUT2D eigenvalue weighted by Gasteiger charge is -2.33. The number of piperidine rings is 1. The van der Waals surface area contributed by atoms with Crippen molar-refractivity contribution >= 4 is 22.1 Å². The van der Waals surface area contributed by atoms with E-state index in [4.69, 9.17) is 9.97 Å². The summed E-state index contributed by atoms with van der Waals surface area (Å²) < 4.78 is 2.44. The van der Waals surface area contributed by atoms with Crippen molar-refractivity contribution in [3.05, 3.63) is 48.3 Å². The maximum absolute atomic E-state index is 5.04. The predicted octanol–water partition coefficient (Wildman–Crippen LogP) is 3.99. The molecule has 0 bridgehead atoms. The smallest absolute Gasteiger partial charge is 0.138 e. The Morgan fingerprint density at radius 1 is 0.926 bits per heavy atom. The first kappa shape index (κ1) is 15.4. The predicted molar refractivity (Wildman–Crippen MR) is 108 cm³/mol. The van der Waals surface area contributed by atoms with Crippen LogP contribution in [-0.4, -0.2) is 43.6 Å². The zero-order valence-electron chi connectivity index (χ0n) is 15.4. The number of hydrogen-bond acceptors (Lipinski definition) is 3. The molecule has 5 nitrogen and oxygen atoms in total. The van der Waals surface area contributed by atoms with Crippen molar-refractivity contribution in [3.8, 4) is 11.4 Å². The highest BCUT2D eigenvalue weighted by Gasteiger charge is 2.28. The molecule has 27 heavy (non-hydrogen) atoms. The molecule has 0 radical (unpaired) electrons. The third-order valence-electron chi connectivity index (χ3n) is 6.27. The summed E-state index contributed by atoms with van der Waals surface area (Å²) in [4.78, 5) is 15.9. The number of aromatic amines is 1. The molecule has 4 aromatic rings. The number of fused-ring (bicyclic) bond motifs is 5. The van der Waals surface area contributed by atoms with Gasteiger partial charge in [-0.1, -0.05) is 18.6 Å². The van der Waals surface area contributed by atoms with Gasteiger partial charge in [0.2, 0.25) is 0 Å². The van der Waals surface area contributed by atoms with E-state index in [1.807, 2.05) is 18.2 Å². The number of aromatic nitrogens is 4. The minimum Gasteiger partial charge on any atom is -0.338 e. The minimum atomic E-state index is 0.673. The van der Waals surface area contributed by atoms with E-state index in [1.54, 1.807) is 0 Å². The van der Waals surface area contributed by atoms with Gasteiger partial charge in [-0.15, -0.1) is 0 Å². The van der Waals surface area contributed by atoms with Crippen LogP contribution < -0.4 is 0 Å². The lowest BCUT2D eigenvalue weighted by Crippen LogP contribution is -2.40. The minimum absolute atomic E-state index is 0.673. The van der Waals surface area contributed by atoms with Crippen molar-refractivity contribution in [3.63, 3.8) is 0 Å². The van der Waals surface area contributed by atoms with Crippen molar-refractivity contribution < 1.29 is 0 Å². The van der Waals surface area contributed by atoms with Crippen LogP contribution in [0.3, 0.4) is 0 Å². The maximum Gasteiger partial charge on any atom is 0.138 e. The van der Waals surface area contributed by atoms with E-state index in [0.29, 0.717) is 6.04 Å². The molecule has 4 heterocycles. The van der Waals surface area contributed by atoms with Gasteiger partial charge in [-0.25, -0.2) is 9.97 Å². The monoisotopic (exact) mass is 357 g/mol. The number of H-pyrrole nitrogens is 1. The Labute approximate surface area is 158 Å². The molecule has 2 aromatic carbocycles. The van der Waals surface area contributed by atoms with Gasteiger partial charge in [0, 0.05) is 31.1 Å². The second-order valence-electron chi connectivity index (χ2n) is 7.88. The summed E-state index contributed by atoms with van der Waals surface area (Å²) >= 11 is 0. The molecular weight excluding hydrogens is 334 g/mol. The number of hydrogen-bond donors (Lipinski definition) is 1. The number of nitrogens with zero attached hydrogens (tertiary/aromatic N) is 4. The summed E-state index contributed by atoms with van der Waals surface area (Å²) in [6, 6.07) is 15.4. The average Bonchev–Trinajstić information content (AvgIpc) is 3.23. The first-order valence-corrected chi connectivity index (χ1v) is 10.0. The van der Waals surface area contributed by atoms with E-state index in [1.165, 1.54) is 37.1 Å². The molecule has 5 heteroatoms. The highest BCUT2D eigenvalue weighted by Crippen LogP contribution is 2.29. The summed E-state index contributed by atoms with van der Waals surface area (Å²) in [6.45, 7) is 3.45. The molecule has 1 unspecified atom stereocenters. The molecule has 0 saturated carbocycles. The first-order valence-electron chi connectivity index (χ1n) is 10.0. The number of imidazole rings is 2. The van der Waals surface area contributed by atoms with Gasteiger partial charge in [-0.05, 0) is 49.7 Å². The second kappa shape index (κ2) is 5.92. The number of para-hydroxylation sites is 2. The fourth-order valence-corrected chi connectivity index (χ4v) is 4.85. The molecule has 6 rings (SSSR count). The van der Waals surface area contributed by atoms with E-state index in [0.717, 1.165) is 47.4 Å². The Bertz CT molecular complexity index is 1110. The van der Waals surface area contributed by atoms with Gasteiger partial charge in [0.15, 0.2) is 0 Å². The average molecular weight is 357 g/mol. The molecule has 2 aromatic heterocycles. The zero-order valence-corrected chi connectivity index (χ0v) is 15.4. The fourth-order valence-electron chi connectivity index (χ4n) is 4.85. The molecule has 1 saturated heterocycles. The molecule has 0 spiro atoms. The van der Waals surface area contributed by atoms with Crippen molar-refractivity contribution in [2.75, 3.05) is 13.1 Å². The van der Waals surface area contributed by atoms with Crippen LogP contribution in [0.25, 0.3) is 33.5 Å². The van der Waals surface area contributed by atoms with Gasteiger partial charge >= 0.3 is 0 Å². The van der Waals surface area contributed by atoms with E-state index in [-0.39, 0.29) is 0 Å². The van der Waals surface area contributed by atoms with E-state index >= 15 is 0 Å². The van der Waals surface area contributed by atoms with Crippen molar-refractivity contribution in [2.45, 2.75) is 38.3 Å². The molecule has 136 valence electrons. The van der Waals surface area contributed by atoms with Gasteiger partial charge in [-0.2, -0.15) is 0 Å². The third-order valence-corrected chi connectivity index (χ3v) is 6.27. The highest BCUT2D eigenvalue weighted by molar-refractivity contribution is 5.84. The second-order valence-corrected chi connectivity index (χ2v) is 7.88. The van der Waals surface area contributed by atoms with Gasteiger partial charge < -0.3 is 9.55 Å². The van der Waals surface area contributed by atoms with Crippen molar-refractivity contribution in [1.82, 2.24) is 24.4 Å².